The van der Waals surface area contributed by atoms with Crippen molar-refractivity contribution in [3.05, 3.63) is 17.7 Å². The number of rotatable bonds is 5. The van der Waals surface area contributed by atoms with Crippen LogP contribution in [0.5, 0.6) is 17.2 Å². The Balaban J connectivity index is 3.29. The van der Waals surface area contributed by atoms with Crippen LogP contribution in [0.2, 0.25) is 0 Å². The molecule has 5 nitrogen and oxygen atoms in total. The highest BCUT2D eigenvalue weighted by molar-refractivity contribution is 5.52. The molecular weight excluding hydrogens is 220 g/mol. The lowest BCUT2D eigenvalue weighted by Gasteiger charge is -2.18. The van der Waals surface area contributed by atoms with Crippen molar-refractivity contribution in [3.8, 4) is 23.3 Å². The number of nitrogens with two attached hydrogens (primary N) is 1. The summed E-state index contributed by atoms with van der Waals surface area (Å²) in [5, 5.41) is 8.69. The third-order valence-electron chi connectivity index (χ3n) is 2.44. The third kappa shape index (κ3) is 2.80. The van der Waals surface area contributed by atoms with Gasteiger partial charge in [-0.05, 0) is 0 Å². The van der Waals surface area contributed by atoms with Crippen LogP contribution in [0.25, 0.3) is 0 Å². The van der Waals surface area contributed by atoms with E-state index in [1.807, 2.05) is 6.07 Å². The van der Waals surface area contributed by atoms with Crippen LogP contribution in [0, 0.1) is 11.3 Å². The van der Waals surface area contributed by atoms with Crippen LogP contribution in [0.1, 0.15) is 18.0 Å². The van der Waals surface area contributed by atoms with Crippen molar-refractivity contribution in [1.29, 1.82) is 5.26 Å². The van der Waals surface area contributed by atoms with Crippen LogP contribution in [0.3, 0.4) is 0 Å². The molecule has 5 heteroatoms. The van der Waals surface area contributed by atoms with Gasteiger partial charge in [-0.25, -0.2) is 0 Å². The van der Waals surface area contributed by atoms with Gasteiger partial charge in [0.2, 0.25) is 0 Å². The molecule has 1 unspecified atom stereocenters. The van der Waals surface area contributed by atoms with E-state index in [0.717, 1.165) is 0 Å². The molecule has 0 radical (unpaired) electrons. The van der Waals surface area contributed by atoms with Crippen molar-refractivity contribution in [1.82, 2.24) is 0 Å². The second-order valence-corrected chi connectivity index (χ2v) is 3.41. The zero-order valence-electron chi connectivity index (χ0n) is 10.2. The molecule has 0 fully saturated rings. The first-order valence-electron chi connectivity index (χ1n) is 5.10. The third-order valence-corrected chi connectivity index (χ3v) is 2.44. The second kappa shape index (κ2) is 5.97. The van der Waals surface area contributed by atoms with Gasteiger partial charge in [0.1, 0.15) is 17.2 Å². The molecule has 0 bridgehead atoms. The lowest BCUT2D eigenvalue weighted by molar-refractivity contribution is 0.364. The lowest BCUT2D eigenvalue weighted by atomic mass is 10.0. The molecule has 1 aromatic rings. The average molecular weight is 236 g/mol. The zero-order chi connectivity index (χ0) is 12.8. The van der Waals surface area contributed by atoms with E-state index in [2.05, 4.69) is 0 Å². The Kier molecular flexibility index (Phi) is 4.61. The van der Waals surface area contributed by atoms with E-state index < -0.39 is 6.04 Å². The Morgan fingerprint density at radius 2 is 1.71 bits per heavy atom. The second-order valence-electron chi connectivity index (χ2n) is 3.41. The molecule has 1 aromatic carbocycles. The molecule has 0 aromatic heterocycles. The van der Waals surface area contributed by atoms with Gasteiger partial charge in [-0.1, -0.05) is 0 Å². The van der Waals surface area contributed by atoms with Gasteiger partial charge in [-0.3, -0.25) is 0 Å². The molecule has 0 amide bonds. The fraction of sp³-hybridized carbons (Fsp3) is 0.417. The van der Waals surface area contributed by atoms with E-state index in [9.17, 15) is 0 Å². The summed E-state index contributed by atoms with van der Waals surface area (Å²) in [6.07, 6.45) is 0.194. The van der Waals surface area contributed by atoms with Crippen molar-refractivity contribution < 1.29 is 14.2 Å². The van der Waals surface area contributed by atoms with Crippen LogP contribution in [-0.2, 0) is 0 Å². The minimum atomic E-state index is -0.448. The van der Waals surface area contributed by atoms with Crippen molar-refractivity contribution in [2.75, 3.05) is 21.3 Å². The molecule has 0 saturated heterocycles. The average Bonchev–Trinajstić information content (AvgIpc) is 2.37. The van der Waals surface area contributed by atoms with Crippen LogP contribution in [0.4, 0.5) is 0 Å². The summed E-state index contributed by atoms with van der Waals surface area (Å²) in [5.41, 5.74) is 6.60. The summed E-state index contributed by atoms with van der Waals surface area (Å²) in [4.78, 5) is 0. The van der Waals surface area contributed by atoms with Crippen molar-refractivity contribution in [2.24, 2.45) is 5.73 Å². The number of nitrogens with zero attached hydrogens (tertiary/aromatic N) is 1. The summed E-state index contributed by atoms with van der Waals surface area (Å²) >= 11 is 0. The van der Waals surface area contributed by atoms with Gasteiger partial charge in [0.05, 0.1) is 45.4 Å². The van der Waals surface area contributed by atoms with E-state index in [1.165, 1.54) is 14.2 Å². The first-order chi connectivity index (χ1) is 8.17. The predicted octanol–water partition coefficient (Wildman–Crippen LogP) is 1.63. The zero-order valence-corrected chi connectivity index (χ0v) is 10.2. The maximum Gasteiger partial charge on any atom is 0.131 e. The largest absolute Gasteiger partial charge is 0.496 e. The van der Waals surface area contributed by atoms with Gasteiger partial charge in [0, 0.05) is 12.1 Å². The number of nitriles is 1. The number of hydrogen-bond acceptors (Lipinski definition) is 5. The minimum absolute atomic E-state index is 0.194. The molecule has 0 heterocycles. The standard InChI is InChI=1S/C12H16N2O3/c1-15-8-6-10(16-2)12(9(14)4-5-13)11(7-8)17-3/h6-7,9H,4,14H2,1-3H3. The van der Waals surface area contributed by atoms with E-state index in [0.29, 0.717) is 22.8 Å². The van der Waals surface area contributed by atoms with Crippen molar-refractivity contribution >= 4 is 0 Å². The van der Waals surface area contributed by atoms with Gasteiger partial charge >= 0.3 is 0 Å². The molecule has 0 spiro atoms. The van der Waals surface area contributed by atoms with Crippen LogP contribution < -0.4 is 19.9 Å². The Morgan fingerprint density at radius 1 is 1.18 bits per heavy atom. The van der Waals surface area contributed by atoms with Crippen LogP contribution in [-0.4, -0.2) is 21.3 Å². The molecule has 17 heavy (non-hydrogen) atoms. The van der Waals surface area contributed by atoms with E-state index >= 15 is 0 Å². The van der Waals surface area contributed by atoms with Crippen molar-refractivity contribution in [3.63, 3.8) is 0 Å². The number of ether oxygens (including phenoxy) is 3. The highest BCUT2D eigenvalue weighted by atomic mass is 16.5. The molecule has 0 aliphatic rings. The highest BCUT2D eigenvalue weighted by Crippen LogP contribution is 2.38. The predicted molar refractivity (Wildman–Crippen MR) is 63.3 cm³/mol. The minimum Gasteiger partial charge on any atom is -0.496 e. The molecule has 2 N–H and O–H groups in total. The lowest BCUT2D eigenvalue weighted by Crippen LogP contribution is -2.12. The summed E-state index contributed by atoms with van der Waals surface area (Å²) < 4.78 is 15.6. The highest BCUT2D eigenvalue weighted by Gasteiger charge is 2.19. The van der Waals surface area contributed by atoms with Crippen molar-refractivity contribution in [2.45, 2.75) is 12.5 Å². The smallest absolute Gasteiger partial charge is 0.131 e. The van der Waals surface area contributed by atoms with E-state index in [1.54, 1.807) is 19.2 Å². The molecule has 92 valence electrons. The van der Waals surface area contributed by atoms with Gasteiger partial charge in [-0.2, -0.15) is 5.26 Å². The fourth-order valence-electron chi connectivity index (χ4n) is 1.60. The van der Waals surface area contributed by atoms with E-state index in [-0.39, 0.29) is 6.42 Å². The Labute approximate surface area is 101 Å². The summed E-state index contributed by atoms with van der Waals surface area (Å²) in [7, 11) is 4.64. The monoisotopic (exact) mass is 236 g/mol. The maximum absolute atomic E-state index is 8.69. The quantitative estimate of drug-likeness (QED) is 0.840. The summed E-state index contributed by atoms with van der Waals surface area (Å²) in [5.74, 6) is 1.74. The SMILES string of the molecule is COc1cc(OC)c(C(N)CC#N)c(OC)c1. The molecule has 1 atom stereocenters. The van der Waals surface area contributed by atoms with Gasteiger partial charge in [0.15, 0.2) is 0 Å². The van der Waals surface area contributed by atoms with Gasteiger partial charge in [-0.15, -0.1) is 0 Å². The Morgan fingerprint density at radius 3 is 2.06 bits per heavy atom. The molecule has 1 rings (SSSR count). The summed E-state index contributed by atoms with van der Waals surface area (Å²) in [6, 6.07) is 5.02. The maximum atomic E-state index is 8.69. The Hall–Kier alpha value is -1.93. The van der Waals surface area contributed by atoms with Gasteiger partial charge in [0.25, 0.3) is 0 Å². The molecule has 0 saturated carbocycles. The number of benzene rings is 1. The molecule has 0 aliphatic carbocycles. The normalized spacial score (nSPS) is 11.5. The first-order valence-corrected chi connectivity index (χ1v) is 5.10. The van der Waals surface area contributed by atoms with Crippen LogP contribution >= 0.6 is 0 Å². The van der Waals surface area contributed by atoms with E-state index in [4.69, 9.17) is 25.2 Å². The van der Waals surface area contributed by atoms with Gasteiger partial charge < -0.3 is 19.9 Å². The molecule has 0 aliphatic heterocycles. The first kappa shape index (κ1) is 13.1. The molecular formula is C12H16N2O3. The van der Waals surface area contributed by atoms with Crippen LogP contribution in [0.15, 0.2) is 12.1 Å². The topological polar surface area (TPSA) is 77.5 Å². The Bertz CT molecular complexity index is 401. The fourth-order valence-corrected chi connectivity index (χ4v) is 1.60. The number of methoxy groups -OCH3 is 3. The number of hydrogen-bond donors (Lipinski definition) is 1. The summed E-state index contributed by atoms with van der Waals surface area (Å²) in [6.45, 7) is 0.